The zero-order valence-electron chi connectivity index (χ0n) is 10.4. The molecular weight excluding hydrogens is 249 g/mol. The summed E-state index contributed by atoms with van der Waals surface area (Å²) in [6.45, 7) is 0.641. The van der Waals surface area contributed by atoms with Crippen molar-refractivity contribution in [1.29, 1.82) is 0 Å². The van der Waals surface area contributed by atoms with Crippen molar-refractivity contribution in [3.63, 3.8) is 0 Å². The van der Waals surface area contributed by atoms with Crippen molar-refractivity contribution in [3.05, 3.63) is 30.1 Å². The number of halogens is 1. The van der Waals surface area contributed by atoms with Crippen LogP contribution in [-0.4, -0.2) is 24.5 Å². The smallest absolute Gasteiger partial charge is 0.319 e. The first kappa shape index (κ1) is 13.3. The van der Waals surface area contributed by atoms with Gasteiger partial charge in [0.05, 0.1) is 0 Å². The van der Waals surface area contributed by atoms with E-state index in [1.165, 1.54) is 18.2 Å². The maximum Gasteiger partial charge on any atom is 0.319 e. The Morgan fingerprint density at radius 1 is 1.37 bits per heavy atom. The molecule has 5 nitrogen and oxygen atoms in total. The summed E-state index contributed by atoms with van der Waals surface area (Å²) in [4.78, 5) is 23.4. The molecule has 6 heteroatoms. The molecule has 0 saturated carbocycles. The summed E-state index contributed by atoms with van der Waals surface area (Å²) >= 11 is 0. The molecule has 3 amide bonds. The van der Waals surface area contributed by atoms with Gasteiger partial charge in [-0.2, -0.15) is 0 Å². The molecule has 1 aliphatic rings. The second-order valence-corrected chi connectivity index (χ2v) is 4.45. The van der Waals surface area contributed by atoms with E-state index in [1.54, 1.807) is 6.07 Å². The molecule has 1 heterocycles. The number of carbonyl (C=O) groups excluding carboxylic acids is 2. The second-order valence-electron chi connectivity index (χ2n) is 4.45. The number of nitrogens with one attached hydrogen (secondary N) is 3. The summed E-state index contributed by atoms with van der Waals surface area (Å²) in [7, 11) is 0. The van der Waals surface area contributed by atoms with E-state index in [1.807, 2.05) is 0 Å². The largest absolute Gasteiger partial charge is 0.354 e. The number of urea groups is 1. The van der Waals surface area contributed by atoms with E-state index in [-0.39, 0.29) is 5.91 Å². The van der Waals surface area contributed by atoms with Crippen LogP contribution in [0.15, 0.2) is 24.3 Å². The fourth-order valence-corrected chi connectivity index (χ4v) is 1.97. The van der Waals surface area contributed by atoms with E-state index >= 15 is 0 Å². The molecule has 1 aliphatic heterocycles. The molecule has 0 aromatic heterocycles. The second kappa shape index (κ2) is 6.17. The van der Waals surface area contributed by atoms with Crippen LogP contribution in [0.5, 0.6) is 0 Å². The third kappa shape index (κ3) is 3.94. The first-order valence-electron chi connectivity index (χ1n) is 6.26. The van der Waals surface area contributed by atoms with E-state index in [2.05, 4.69) is 16.0 Å². The van der Waals surface area contributed by atoms with E-state index in [9.17, 15) is 14.0 Å². The summed E-state index contributed by atoms with van der Waals surface area (Å²) in [6, 6.07) is 4.55. The predicted molar refractivity (Wildman–Crippen MR) is 69.2 cm³/mol. The SMILES string of the molecule is O=C(Nc1cccc(F)c1)N[C@H]1CCCCNC1=O. The molecule has 1 atom stereocenters. The molecule has 0 spiro atoms. The number of rotatable bonds is 2. The van der Waals surface area contributed by atoms with Crippen LogP contribution in [0, 0.1) is 5.82 Å². The first-order valence-corrected chi connectivity index (χ1v) is 6.26. The van der Waals surface area contributed by atoms with Crippen LogP contribution in [0.1, 0.15) is 19.3 Å². The van der Waals surface area contributed by atoms with Gasteiger partial charge in [0, 0.05) is 12.2 Å². The van der Waals surface area contributed by atoms with Crippen LogP contribution in [0.2, 0.25) is 0 Å². The van der Waals surface area contributed by atoms with Gasteiger partial charge in [0.15, 0.2) is 0 Å². The van der Waals surface area contributed by atoms with Crippen LogP contribution >= 0.6 is 0 Å². The minimum absolute atomic E-state index is 0.174. The molecule has 19 heavy (non-hydrogen) atoms. The van der Waals surface area contributed by atoms with Gasteiger partial charge in [-0.1, -0.05) is 6.07 Å². The van der Waals surface area contributed by atoms with E-state index in [0.29, 0.717) is 18.7 Å². The van der Waals surface area contributed by atoms with Crippen molar-refractivity contribution in [2.24, 2.45) is 0 Å². The van der Waals surface area contributed by atoms with Gasteiger partial charge in [-0.05, 0) is 37.5 Å². The topological polar surface area (TPSA) is 70.2 Å². The minimum atomic E-state index is -0.531. The molecule has 0 bridgehead atoms. The molecule has 102 valence electrons. The predicted octanol–water partition coefficient (Wildman–Crippen LogP) is 1.62. The van der Waals surface area contributed by atoms with Crippen molar-refractivity contribution < 1.29 is 14.0 Å². The van der Waals surface area contributed by atoms with Crippen LogP contribution < -0.4 is 16.0 Å². The van der Waals surface area contributed by atoms with Gasteiger partial charge in [0.25, 0.3) is 0 Å². The number of anilines is 1. The number of hydrogen-bond donors (Lipinski definition) is 3. The third-order valence-corrected chi connectivity index (χ3v) is 2.92. The highest BCUT2D eigenvalue weighted by atomic mass is 19.1. The number of amides is 3. The van der Waals surface area contributed by atoms with Gasteiger partial charge < -0.3 is 16.0 Å². The summed E-state index contributed by atoms with van der Waals surface area (Å²) in [5.74, 6) is -0.600. The summed E-state index contributed by atoms with van der Waals surface area (Å²) in [6.07, 6.45) is 2.40. The number of carbonyl (C=O) groups is 2. The summed E-state index contributed by atoms with van der Waals surface area (Å²) in [5, 5.41) is 7.82. The molecule has 1 aromatic rings. The molecule has 1 aromatic carbocycles. The molecule has 2 rings (SSSR count). The monoisotopic (exact) mass is 265 g/mol. The Kier molecular flexibility index (Phi) is 4.33. The Morgan fingerprint density at radius 3 is 3.00 bits per heavy atom. The van der Waals surface area contributed by atoms with Gasteiger partial charge in [-0.25, -0.2) is 9.18 Å². The fraction of sp³-hybridized carbons (Fsp3) is 0.385. The van der Waals surface area contributed by atoms with Crippen molar-refractivity contribution in [2.75, 3.05) is 11.9 Å². The maximum atomic E-state index is 13.0. The fourth-order valence-electron chi connectivity index (χ4n) is 1.97. The van der Waals surface area contributed by atoms with Crippen molar-refractivity contribution in [3.8, 4) is 0 Å². The van der Waals surface area contributed by atoms with E-state index in [0.717, 1.165) is 12.8 Å². The van der Waals surface area contributed by atoms with Crippen LogP contribution in [0.25, 0.3) is 0 Å². The highest BCUT2D eigenvalue weighted by Crippen LogP contribution is 2.10. The van der Waals surface area contributed by atoms with E-state index < -0.39 is 17.9 Å². The number of benzene rings is 1. The summed E-state index contributed by atoms with van der Waals surface area (Å²) in [5.41, 5.74) is 0.353. The Morgan fingerprint density at radius 2 is 2.21 bits per heavy atom. The standard InChI is InChI=1S/C13H16FN3O2/c14-9-4-3-5-10(8-9)16-13(19)17-11-6-1-2-7-15-12(11)18/h3-5,8,11H,1-2,6-7H2,(H,15,18)(H2,16,17,19)/t11-/m0/s1. The van der Waals surface area contributed by atoms with Crippen molar-refractivity contribution in [1.82, 2.24) is 10.6 Å². The van der Waals surface area contributed by atoms with Gasteiger partial charge in [0.2, 0.25) is 5.91 Å². The Balaban J connectivity index is 1.91. The molecular formula is C13H16FN3O2. The lowest BCUT2D eigenvalue weighted by atomic mass is 10.1. The minimum Gasteiger partial charge on any atom is -0.354 e. The normalized spacial score (nSPS) is 19.2. The summed E-state index contributed by atoms with van der Waals surface area (Å²) < 4.78 is 13.0. The van der Waals surface area contributed by atoms with Gasteiger partial charge in [-0.3, -0.25) is 4.79 Å². The molecule has 1 fully saturated rings. The zero-order valence-corrected chi connectivity index (χ0v) is 10.4. The molecule has 0 aliphatic carbocycles. The highest BCUT2D eigenvalue weighted by molar-refractivity contribution is 5.93. The molecule has 0 unspecified atom stereocenters. The number of hydrogen-bond acceptors (Lipinski definition) is 2. The lowest BCUT2D eigenvalue weighted by Crippen LogP contribution is -2.47. The lowest BCUT2D eigenvalue weighted by Gasteiger charge is -2.15. The third-order valence-electron chi connectivity index (χ3n) is 2.92. The van der Waals surface area contributed by atoms with Crippen LogP contribution in [0.3, 0.4) is 0 Å². The van der Waals surface area contributed by atoms with E-state index in [4.69, 9.17) is 0 Å². The Hall–Kier alpha value is -2.11. The average Bonchev–Trinajstić information content (AvgIpc) is 2.55. The average molecular weight is 265 g/mol. The molecule has 0 radical (unpaired) electrons. The maximum absolute atomic E-state index is 13.0. The highest BCUT2D eigenvalue weighted by Gasteiger charge is 2.22. The Labute approximate surface area is 110 Å². The quantitative estimate of drug-likeness (QED) is 0.760. The lowest BCUT2D eigenvalue weighted by molar-refractivity contribution is -0.122. The zero-order chi connectivity index (χ0) is 13.7. The van der Waals surface area contributed by atoms with Gasteiger partial charge in [0.1, 0.15) is 11.9 Å². The van der Waals surface area contributed by atoms with Crippen molar-refractivity contribution >= 4 is 17.6 Å². The molecule has 1 saturated heterocycles. The first-order chi connectivity index (χ1) is 9.15. The van der Waals surface area contributed by atoms with Crippen molar-refractivity contribution in [2.45, 2.75) is 25.3 Å². The van der Waals surface area contributed by atoms with Crippen LogP contribution in [0.4, 0.5) is 14.9 Å². The van der Waals surface area contributed by atoms with Crippen LogP contribution in [-0.2, 0) is 4.79 Å². The van der Waals surface area contributed by atoms with Gasteiger partial charge >= 0.3 is 6.03 Å². The van der Waals surface area contributed by atoms with Gasteiger partial charge in [-0.15, -0.1) is 0 Å². The Bertz CT molecular complexity index is 479. The molecule has 3 N–H and O–H groups in total.